The van der Waals surface area contributed by atoms with Gasteiger partial charge in [0.2, 0.25) is 0 Å². The quantitative estimate of drug-likeness (QED) is 0.461. The zero-order chi connectivity index (χ0) is 14.1. The topological polar surface area (TPSA) is 51.2 Å². The molecule has 0 aromatic rings. The first-order chi connectivity index (χ1) is 9.19. The van der Waals surface area contributed by atoms with E-state index in [1.54, 1.807) is 0 Å². The van der Waals surface area contributed by atoms with E-state index in [0.717, 1.165) is 6.54 Å². The first-order valence-electron chi connectivity index (χ1n) is 6.70. The number of ether oxygens (including phenoxy) is 3. The van der Waals surface area contributed by atoms with Crippen molar-refractivity contribution in [2.75, 3.05) is 40.0 Å². The first kappa shape index (κ1) is 15.8. The molecule has 0 aromatic heterocycles. The second-order valence-electron chi connectivity index (χ2n) is 4.17. The zero-order valence-corrected chi connectivity index (χ0v) is 12.0. The molecular weight excluding hydrogens is 248 g/mol. The molecule has 0 saturated heterocycles. The molecule has 6 heteroatoms. The summed E-state index contributed by atoms with van der Waals surface area (Å²) in [5.74, 6) is -0.254. The molecule has 1 atom stereocenters. The van der Waals surface area contributed by atoms with Crippen LogP contribution in [0.1, 0.15) is 20.3 Å². The molecule has 6 nitrogen and oxygen atoms in total. The number of nitrogens with zero attached hydrogens (tertiary/aromatic N) is 2. The van der Waals surface area contributed by atoms with Gasteiger partial charge in [0.1, 0.15) is 0 Å². The average molecular weight is 272 g/mol. The molecule has 0 spiro atoms. The summed E-state index contributed by atoms with van der Waals surface area (Å²) >= 11 is 0. The van der Waals surface area contributed by atoms with Crippen molar-refractivity contribution in [1.29, 1.82) is 0 Å². The number of hydrogen-bond donors (Lipinski definition) is 0. The highest BCUT2D eigenvalue weighted by Gasteiger charge is 2.25. The molecule has 1 aliphatic heterocycles. The van der Waals surface area contributed by atoms with Crippen molar-refractivity contribution in [2.24, 2.45) is 0 Å². The van der Waals surface area contributed by atoms with Crippen LogP contribution in [0.3, 0.4) is 0 Å². The Bertz CT molecular complexity index is 296. The third-order valence-corrected chi connectivity index (χ3v) is 2.75. The Kier molecular flexibility index (Phi) is 7.28. The Balaban J connectivity index is 2.13. The molecule has 0 saturated carbocycles. The number of esters is 1. The molecule has 19 heavy (non-hydrogen) atoms. The van der Waals surface area contributed by atoms with E-state index in [2.05, 4.69) is 0 Å². The van der Waals surface area contributed by atoms with Crippen LogP contribution in [0.15, 0.2) is 12.4 Å². The predicted molar refractivity (Wildman–Crippen MR) is 71.1 cm³/mol. The normalized spacial score (nSPS) is 18.2. The van der Waals surface area contributed by atoms with Gasteiger partial charge in [0.05, 0.1) is 26.2 Å². The van der Waals surface area contributed by atoms with E-state index in [0.29, 0.717) is 26.4 Å². The minimum atomic E-state index is -0.332. The fraction of sp³-hybridized carbons (Fsp3) is 0.769. The number of carbonyl (C=O) groups excluding carboxylic acids is 1. The van der Waals surface area contributed by atoms with Crippen molar-refractivity contribution in [3.63, 3.8) is 0 Å². The molecule has 0 bridgehead atoms. The summed E-state index contributed by atoms with van der Waals surface area (Å²) in [6, 6.07) is 0. The van der Waals surface area contributed by atoms with Crippen molar-refractivity contribution in [3.05, 3.63) is 12.4 Å². The van der Waals surface area contributed by atoms with E-state index >= 15 is 0 Å². The van der Waals surface area contributed by atoms with Crippen LogP contribution in [0.4, 0.5) is 0 Å². The van der Waals surface area contributed by atoms with E-state index in [4.69, 9.17) is 14.2 Å². The molecule has 0 aromatic carbocycles. The minimum absolute atomic E-state index is 0.254. The van der Waals surface area contributed by atoms with Crippen LogP contribution in [-0.2, 0) is 19.0 Å². The van der Waals surface area contributed by atoms with Gasteiger partial charge in [-0.05, 0) is 13.8 Å². The molecule has 0 amide bonds. The fourth-order valence-corrected chi connectivity index (χ4v) is 1.68. The average Bonchev–Trinajstić information content (AvgIpc) is 2.75. The Morgan fingerprint density at radius 2 is 1.89 bits per heavy atom. The van der Waals surface area contributed by atoms with Gasteiger partial charge in [-0.1, -0.05) is 0 Å². The van der Waals surface area contributed by atoms with Gasteiger partial charge in [-0.25, -0.2) is 0 Å². The molecular formula is C13H24N2O4. The molecule has 0 aliphatic carbocycles. The number of rotatable bonds is 9. The highest BCUT2D eigenvalue weighted by Crippen LogP contribution is 2.14. The fourth-order valence-electron chi connectivity index (χ4n) is 1.68. The summed E-state index contributed by atoms with van der Waals surface area (Å²) in [5.41, 5.74) is 0. The molecule has 1 aliphatic rings. The third kappa shape index (κ3) is 5.48. The molecule has 1 unspecified atom stereocenters. The van der Waals surface area contributed by atoms with Crippen LogP contribution in [0.2, 0.25) is 0 Å². The van der Waals surface area contributed by atoms with Gasteiger partial charge in [0.15, 0.2) is 0 Å². The molecule has 110 valence electrons. The minimum Gasteiger partial charge on any atom is -0.422 e. The second kappa shape index (κ2) is 8.77. The van der Waals surface area contributed by atoms with Crippen molar-refractivity contribution < 1.29 is 19.0 Å². The third-order valence-electron chi connectivity index (χ3n) is 2.75. The van der Waals surface area contributed by atoms with Crippen LogP contribution in [0.25, 0.3) is 0 Å². The predicted octanol–water partition coefficient (Wildman–Crippen LogP) is 0.995. The lowest BCUT2D eigenvalue weighted by atomic mass is 10.4. The number of hydrogen-bond acceptors (Lipinski definition) is 6. The summed E-state index contributed by atoms with van der Waals surface area (Å²) in [5, 5.41) is 0. The van der Waals surface area contributed by atoms with E-state index < -0.39 is 0 Å². The van der Waals surface area contributed by atoms with Crippen molar-refractivity contribution >= 4 is 5.97 Å². The number of carbonyl (C=O) groups is 1. The lowest BCUT2D eigenvalue weighted by Gasteiger charge is -2.28. The summed E-state index contributed by atoms with van der Waals surface area (Å²) < 4.78 is 15.8. The van der Waals surface area contributed by atoms with Gasteiger partial charge in [-0.3, -0.25) is 4.79 Å². The molecule has 1 heterocycles. The summed E-state index contributed by atoms with van der Waals surface area (Å²) in [4.78, 5) is 15.5. The van der Waals surface area contributed by atoms with E-state index in [1.165, 1.54) is 0 Å². The van der Waals surface area contributed by atoms with Gasteiger partial charge in [0, 0.05) is 32.6 Å². The largest absolute Gasteiger partial charge is 0.422 e. The van der Waals surface area contributed by atoms with Crippen LogP contribution in [-0.4, -0.2) is 62.1 Å². The van der Waals surface area contributed by atoms with Crippen molar-refractivity contribution in [3.8, 4) is 0 Å². The SMILES string of the molecule is CCOCCOCCC(=O)OC1N(C)C=CN1CC. The van der Waals surface area contributed by atoms with E-state index in [1.807, 2.05) is 43.1 Å². The van der Waals surface area contributed by atoms with Crippen molar-refractivity contribution in [1.82, 2.24) is 9.80 Å². The Hall–Kier alpha value is -1.27. The Morgan fingerprint density at radius 1 is 1.16 bits per heavy atom. The van der Waals surface area contributed by atoms with Gasteiger partial charge >= 0.3 is 5.97 Å². The molecule has 0 N–H and O–H groups in total. The van der Waals surface area contributed by atoms with Crippen LogP contribution in [0.5, 0.6) is 0 Å². The highest BCUT2D eigenvalue weighted by atomic mass is 16.6. The van der Waals surface area contributed by atoms with Gasteiger partial charge < -0.3 is 24.0 Å². The highest BCUT2D eigenvalue weighted by molar-refractivity contribution is 5.69. The molecule has 1 rings (SSSR count). The zero-order valence-electron chi connectivity index (χ0n) is 12.0. The monoisotopic (exact) mass is 272 g/mol. The van der Waals surface area contributed by atoms with Gasteiger partial charge in [0.25, 0.3) is 6.35 Å². The maximum absolute atomic E-state index is 11.7. The summed E-state index contributed by atoms with van der Waals surface area (Å²) in [6.07, 6.45) is 3.73. The second-order valence-corrected chi connectivity index (χ2v) is 4.17. The maximum atomic E-state index is 11.7. The van der Waals surface area contributed by atoms with E-state index in [-0.39, 0.29) is 18.7 Å². The first-order valence-corrected chi connectivity index (χ1v) is 6.70. The Morgan fingerprint density at radius 3 is 2.58 bits per heavy atom. The van der Waals surface area contributed by atoms with Crippen LogP contribution >= 0.6 is 0 Å². The summed E-state index contributed by atoms with van der Waals surface area (Å²) in [7, 11) is 1.88. The Labute approximate surface area is 114 Å². The molecule has 0 fully saturated rings. The van der Waals surface area contributed by atoms with Gasteiger partial charge in [-0.15, -0.1) is 0 Å². The van der Waals surface area contributed by atoms with Crippen LogP contribution in [0, 0.1) is 0 Å². The lowest BCUT2D eigenvalue weighted by Crippen LogP contribution is -2.40. The van der Waals surface area contributed by atoms with Gasteiger partial charge in [-0.2, -0.15) is 0 Å². The van der Waals surface area contributed by atoms with Crippen molar-refractivity contribution in [2.45, 2.75) is 26.6 Å². The van der Waals surface area contributed by atoms with E-state index in [9.17, 15) is 4.79 Å². The standard InChI is InChI=1S/C13H24N2O4/c1-4-15-8-7-14(3)13(15)19-12(16)6-9-18-11-10-17-5-2/h7-8,13H,4-6,9-11H2,1-3H3. The smallest absolute Gasteiger partial charge is 0.311 e. The lowest BCUT2D eigenvalue weighted by molar-refractivity contribution is -0.168. The maximum Gasteiger partial charge on any atom is 0.311 e. The molecule has 0 radical (unpaired) electrons. The summed E-state index contributed by atoms with van der Waals surface area (Å²) in [6.45, 7) is 6.85. The van der Waals surface area contributed by atoms with Crippen LogP contribution < -0.4 is 0 Å².